The van der Waals surface area contributed by atoms with Crippen LogP contribution in [0.1, 0.15) is 36.0 Å². The molecule has 2 aromatic rings. The Morgan fingerprint density at radius 1 is 1.27 bits per heavy atom. The van der Waals surface area contributed by atoms with E-state index in [1.165, 1.54) is 47.6 Å². The molecule has 1 aliphatic rings. The molecule has 0 saturated carbocycles. The van der Waals surface area contributed by atoms with Gasteiger partial charge in [0.2, 0.25) is 0 Å². The van der Waals surface area contributed by atoms with Crippen molar-refractivity contribution in [2.45, 2.75) is 25.7 Å². The molecule has 0 aromatic carbocycles. The smallest absolute Gasteiger partial charge is 0.271 e. The van der Waals surface area contributed by atoms with Crippen molar-refractivity contribution in [1.82, 2.24) is 19.6 Å². The molecule has 0 unspecified atom stereocenters. The Kier molecular flexibility index (Phi) is 4.84. The number of aromatic nitrogens is 2. The third-order valence-electron chi connectivity index (χ3n) is 4.00. The van der Waals surface area contributed by atoms with Crippen LogP contribution in [-0.2, 0) is 0 Å². The second-order valence-electron chi connectivity index (χ2n) is 5.54. The summed E-state index contributed by atoms with van der Waals surface area (Å²) in [6.07, 6.45) is 8.07. The predicted octanol–water partition coefficient (Wildman–Crippen LogP) is 1.36. The van der Waals surface area contributed by atoms with Crippen molar-refractivity contribution in [3.8, 4) is 0 Å². The van der Waals surface area contributed by atoms with Crippen LogP contribution in [0, 0.1) is 0 Å². The van der Waals surface area contributed by atoms with Gasteiger partial charge in [-0.3, -0.25) is 14.0 Å². The fraction of sp³-hybridized carbons (Fsp3) is 0.533. The first-order chi connectivity index (χ1) is 10.8. The number of nitrogens with one attached hydrogen (secondary N) is 1. The molecule has 2 aromatic heterocycles. The third kappa shape index (κ3) is 3.36. The molecule has 0 spiro atoms. The molecule has 0 bridgehead atoms. The maximum atomic E-state index is 12.2. The zero-order valence-corrected chi connectivity index (χ0v) is 13.3. The van der Waals surface area contributed by atoms with Gasteiger partial charge in [0.15, 0.2) is 4.96 Å². The molecule has 0 aliphatic carbocycles. The average molecular weight is 320 g/mol. The van der Waals surface area contributed by atoms with Crippen LogP contribution >= 0.6 is 11.3 Å². The minimum absolute atomic E-state index is 0.103. The molecule has 3 heterocycles. The first-order valence-electron chi connectivity index (χ1n) is 7.71. The van der Waals surface area contributed by atoms with Gasteiger partial charge < -0.3 is 10.2 Å². The molecule has 1 aliphatic heterocycles. The lowest BCUT2D eigenvalue weighted by Crippen LogP contribution is -2.37. The number of carbonyl (C=O) groups is 1. The summed E-state index contributed by atoms with van der Waals surface area (Å²) >= 11 is 1.37. The van der Waals surface area contributed by atoms with E-state index in [9.17, 15) is 9.59 Å². The minimum atomic E-state index is -0.340. The molecule has 0 atom stereocenters. The van der Waals surface area contributed by atoms with E-state index in [4.69, 9.17) is 0 Å². The van der Waals surface area contributed by atoms with Crippen LogP contribution in [-0.4, -0.2) is 46.4 Å². The van der Waals surface area contributed by atoms with E-state index in [1.54, 1.807) is 11.6 Å². The van der Waals surface area contributed by atoms with Gasteiger partial charge in [-0.05, 0) is 25.9 Å². The van der Waals surface area contributed by atoms with Crippen LogP contribution in [0.15, 0.2) is 22.6 Å². The summed E-state index contributed by atoms with van der Waals surface area (Å²) in [5, 5.41) is 4.62. The highest BCUT2D eigenvalue weighted by molar-refractivity contribution is 7.15. The van der Waals surface area contributed by atoms with Crippen LogP contribution in [0.3, 0.4) is 0 Å². The van der Waals surface area contributed by atoms with Gasteiger partial charge in [0.1, 0.15) is 5.56 Å². The molecule has 3 rings (SSSR count). The number of rotatable bonds is 4. The summed E-state index contributed by atoms with van der Waals surface area (Å²) in [4.78, 5) is 31.5. The van der Waals surface area contributed by atoms with E-state index in [2.05, 4.69) is 15.2 Å². The van der Waals surface area contributed by atoms with Crippen molar-refractivity contribution < 1.29 is 4.79 Å². The number of nitrogens with zero attached hydrogens (tertiary/aromatic N) is 3. The van der Waals surface area contributed by atoms with Crippen LogP contribution in [0.4, 0.5) is 0 Å². The largest absolute Gasteiger partial charge is 0.351 e. The van der Waals surface area contributed by atoms with E-state index in [-0.39, 0.29) is 17.0 Å². The van der Waals surface area contributed by atoms with Crippen LogP contribution in [0.2, 0.25) is 0 Å². The molecule has 0 radical (unpaired) electrons. The number of hydrogen-bond donors (Lipinski definition) is 1. The molecule has 7 heteroatoms. The first kappa shape index (κ1) is 15.2. The van der Waals surface area contributed by atoms with Gasteiger partial charge in [-0.15, -0.1) is 11.3 Å². The van der Waals surface area contributed by atoms with Gasteiger partial charge in [-0.25, -0.2) is 4.98 Å². The molecule has 22 heavy (non-hydrogen) atoms. The zero-order valence-electron chi connectivity index (χ0n) is 12.5. The lowest BCUT2D eigenvalue weighted by Gasteiger charge is -2.19. The monoisotopic (exact) mass is 320 g/mol. The average Bonchev–Trinajstić information content (AvgIpc) is 2.85. The minimum Gasteiger partial charge on any atom is -0.351 e. The summed E-state index contributed by atoms with van der Waals surface area (Å²) in [6, 6.07) is 0. The van der Waals surface area contributed by atoms with E-state index in [1.807, 2.05) is 0 Å². The van der Waals surface area contributed by atoms with Crippen LogP contribution in [0.5, 0.6) is 0 Å². The van der Waals surface area contributed by atoms with Crippen molar-refractivity contribution in [3.05, 3.63) is 33.7 Å². The van der Waals surface area contributed by atoms with Crippen LogP contribution in [0.25, 0.3) is 4.96 Å². The summed E-state index contributed by atoms with van der Waals surface area (Å²) in [7, 11) is 0. The van der Waals surface area contributed by atoms with Gasteiger partial charge in [0, 0.05) is 30.9 Å². The summed E-state index contributed by atoms with van der Waals surface area (Å²) in [5.41, 5.74) is -0.203. The number of likely N-dealkylation sites (tertiary alicyclic amines) is 1. The van der Waals surface area contributed by atoms with E-state index in [0.29, 0.717) is 11.5 Å². The van der Waals surface area contributed by atoms with E-state index >= 15 is 0 Å². The molecule has 1 saturated heterocycles. The number of amides is 1. The zero-order chi connectivity index (χ0) is 15.4. The lowest BCUT2D eigenvalue weighted by atomic mass is 10.2. The highest BCUT2D eigenvalue weighted by atomic mass is 32.1. The maximum absolute atomic E-state index is 12.2. The van der Waals surface area contributed by atoms with Crippen molar-refractivity contribution in [3.63, 3.8) is 0 Å². The predicted molar refractivity (Wildman–Crippen MR) is 86.6 cm³/mol. The fourth-order valence-corrected chi connectivity index (χ4v) is 3.44. The van der Waals surface area contributed by atoms with Gasteiger partial charge in [0.25, 0.3) is 11.5 Å². The SMILES string of the molecule is O=C(NCCN1CCCCCC1)c1cnc2sccn2c1=O. The van der Waals surface area contributed by atoms with Crippen molar-refractivity contribution in [2.75, 3.05) is 26.2 Å². The highest BCUT2D eigenvalue weighted by Crippen LogP contribution is 2.09. The first-order valence-corrected chi connectivity index (χ1v) is 8.59. The second kappa shape index (κ2) is 7.02. The third-order valence-corrected chi connectivity index (χ3v) is 4.77. The standard InChI is InChI=1S/C15H20N4O2S/c20-13(16-5-8-18-6-3-1-2-4-7-18)12-11-17-15-19(14(12)21)9-10-22-15/h9-11H,1-8H2,(H,16,20). The van der Waals surface area contributed by atoms with Gasteiger partial charge >= 0.3 is 0 Å². The second-order valence-corrected chi connectivity index (χ2v) is 6.42. The lowest BCUT2D eigenvalue weighted by molar-refractivity contribution is 0.0946. The van der Waals surface area contributed by atoms with E-state index < -0.39 is 0 Å². The molecule has 1 amide bonds. The van der Waals surface area contributed by atoms with Gasteiger partial charge in [-0.2, -0.15) is 0 Å². The normalized spacial score (nSPS) is 16.5. The Morgan fingerprint density at radius 2 is 2.05 bits per heavy atom. The summed E-state index contributed by atoms with van der Waals surface area (Å²) in [6.45, 7) is 3.59. The Hall–Kier alpha value is -1.73. The number of fused-ring (bicyclic) bond motifs is 1. The fourth-order valence-electron chi connectivity index (χ4n) is 2.76. The summed E-state index contributed by atoms with van der Waals surface area (Å²) in [5.74, 6) is -0.340. The highest BCUT2D eigenvalue weighted by Gasteiger charge is 2.14. The molecular formula is C15H20N4O2S. The molecule has 1 N–H and O–H groups in total. The topological polar surface area (TPSA) is 66.7 Å². The molecule has 1 fully saturated rings. The number of hydrogen-bond acceptors (Lipinski definition) is 5. The van der Waals surface area contributed by atoms with E-state index in [0.717, 1.165) is 19.6 Å². The molecule has 118 valence electrons. The molecule has 6 nitrogen and oxygen atoms in total. The number of thiazole rings is 1. The Labute approximate surface area is 132 Å². The van der Waals surface area contributed by atoms with Crippen LogP contribution < -0.4 is 10.9 Å². The van der Waals surface area contributed by atoms with Gasteiger partial charge in [0.05, 0.1) is 0 Å². The van der Waals surface area contributed by atoms with Crippen molar-refractivity contribution in [1.29, 1.82) is 0 Å². The Morgan fingerprint density at radius 3 is 2.82 bits per heavy atom. The summed E-state index contributed by atoms with van der Waals surface area (Å²) < 4.78 is 1.41. The number of carbonyl (C=O) groups excluding carboxylic acids is 1. The van der Waals surface area contributed by atoms with Crippen molar-refractivity contribution in [2.24, 2.45) is 0 Å². The van der Waals surface area contributed by atoms with Gasteiger partial charge in [-0.1, -0.05) is 12.8 Å². The maximum Gasteiger partial charge on any atom is 0.271 e. The quantitative estimate of drug-likeness (QED) is 0.924. The Balaban J connectivity index is 1.59. The van der Waals surface area contributed by atoms with Crippen molar-refractivity contribution >= 4 is 22.2 Å². The Bertz CT molecular complexity index is 701. The molecular weight excluding hydrogens is 300 g/mol.